The molecule has 1 aromatic rings. The van der Waals surface area contributed by atoms with E-state index in [0.29, 0.717) is 12.1 Å². The standard InChI is InChI=1S/C13H17NO/c1-2-6-11(7-3-1)13(12-10-15-12)14-8-4-5-9-14/h1-3,6-7,12-13H,4-5,8-10H2/t12-,13-/m1/s1. The number of likely N-dealkylation sites (tertiary alicyclic amines) is 1. The van der Waals surface area contributed by atoms with Crippen LogP contribution in [0.4, 0.5) is 0 Å². The fourth-order valence-electron chi connectivity index (χ4n) is 2.57. The van der Waals surface area contributed by atoms with Gasteiger partial charge in [-0.25, -0.2) is 0 Å². The Morgan fingerprint density at radius 2 is 1.80 bits per heavy atom. The van der Waals surface area contributed by atoms with E-state index in [4.69, 9.17) is 4.74 Å². The molecule has 0 N–H and O–H groups in total. The molecule has 2 aliphatic rings. The summed E-state index contributed by atoms with van der Waals surface area (Å²) in [6, 6.07) is 11.3. The molecule has 80 valence electrons. The van der Waals surface area contributed by atoms with Gasteiger partial charge in [-0.2, -0.15) is 0 Å². The molecule has 2 nitrogen and oxygen atoms in total. The van der Waals surface area contributed by atoms with Crippen molar-refractivity contribution in [2.24, 2.45) is 0 Å². The minimum Gasteiger partial charge on any atom is -0.371 e. The molecule has 0 aliphatic carbocycles. The Morgan fingerprint density at radius 1 is 1.13 bits per heavy atom. The van der Waals surface area contributed by atoms with Gasteiger partial charge >= 0.3 is 0 Å². The molecule has 15 heavy (non-hydrogen) atoms. The van der Waals surface area contributed by atoms with Gasteiger partial charge in [0.05, 0.1) is 12.6 Å². The second kappa shape index (κ2) is 3.95. The summed E-state index contributed by atoms with van der Waals surface area (Å²) in [6.07, 6.45) is 3.14. The van der Waals surface area contributed by atoms with Gasteiger partial charge < -0.3 is 4.74 Å². The highest BCUT2D eigenvalue weighted by Gasteiger charge is 2.38. The monoisotopic (exact) mass is 203 g/mol. The Hall–Kier alpha value is -0.860. The summed E-state index contributed by atoms with van der Waals surface area (Å²) in [5, 5.41) is 0. The third-order valence-electron chi connectivity index (χ3n) is 3.39. The zero-order valence-electron chi connectivity index (χ0n) is 8.93. The summed E-state index contributed by atoms with van der Waals surface area (Å²) in [5.74, 6) is 0. The quantitative estimate of drug-likeness (QED) is 0.700. The lowest BCUT2D eigenvalue weighted by molar-refractivity contribution is 0.197. The van der Waals surface area contributed by atoms with E-state index in [2.05, 4.69) is 35.2 Å². The van der Waals surface area contributed by atoms with Crippen LogP contribution in [0.5, 0.6) is 0 Å². The molecule has 2 heterocycles. The van der Waals surface area contributed by atoms with E-state index in [1.165, 1.54) is 31.5 Å². The Labute approximate surface area is 90.8 Å². The van der Waals surface area contributed by atoms with E-state index in [1.807, 2.05) is 0 Å². The van der Waals surface area contributed by atoms with Crippen LogP contribution >= 0.6 is 0 Å². The van der Waals surface area contributed by atoms with Crippen LogP contribution in [-0.4, -0.2) is 30.7 Å². The Balaban J connectivity index is 1.84. The van der Waals surface area contributed by atoms with Crippen LogP contribution in [-0.2, 0) is 4.74 Å². The van der Waals surface area contributed by atoms with Gasteiger partial charge in [0.2, 0.25) is 0 Å². The van der Waals surface area contributed by atoms with Crippen LogP contribution in [0.15, 0.2) is 30.3 Å². The fourth-order valence-corrected chi connectivity index (χ4v) is 2.57. The largest absolute Gasteiger partial charge is 0.371 e. The Kier molecular flexibility index (Phi) is 2.47. The third kappa shape index (κ3) is 1.92. The van der Waals surface area contributed by atoms with E-state index in [9.17, 15) is 0 Å². The van der Waals surface area contributed by atoms with Gasteiger partial charge in [0, 0.05) is 0 Å². The van der Waals surface area contributed by atoms with Crippen LogP contribution < -0.4 is 0 Å². The highest BCUT2D eigenvalue weighted by atomic mass is 16.6. The van der Waals surface area contributed by atoms with Crippen molar-refractivity contribution < 1.29 is 4.74 Å². The van der Waals surface area contributed by atoms with Crippen LogP contribution in [0, 0.1) is 0 Å². The molecule has 0 radical (unpaired) electrons. The Morgan fingerprint density at radius 3 is 2.40 bits per heavy atom. The summed E-state index contributed by atoms with van der Waals surface area (Å²) in [7, 11) is 0. The zero-order valence-corrected chi connectivity index (χ0v) is 8.93. The highest BCUT2D eigenvalue weighted by Crippen LogP contribution is 2.34. The van der Waals surface area contributed by atoms with Crippen molar-refractivity contribution in [1.82, 2.24) is 4.90 Å². The minimum absolute atomic E-state index is 0.450. The summed E-state index contributed by atoms with van der Waals surface area (Å²) in [6.45, 7) is 3.41. The zero-order chi connectivity index (χ0) is 10.1. The summed E-state index contributed by atoms with van der Waals surface area (Å²) in [5.41, 5.74) is 1.42. The molecule has 2 fully saturated rings. The van der Waals surface area contributed by atoms with Gasteiger partial charge in [-0.1, -0.05) is 30.3 Å². The first-order chi connectivity index (χ1) is 7.45. The molecule has 0 spiro atoms. The predicted octanol–water partition coefficient (Wildman–Crippen LogP) is 2.22. The molecule has 2 atom stereocenters. The Bertz CT molecular complexity index is 315. The fraction of sp³-hybridized carbons (Fsp3) is 0.538. The van der Waals surface area contributed by atoms with Gasteiger partial charge in [0.25, 0.3) is 0 Å². The maximum atomic E-state index is 5.50. The molecule has 0 amide bonds. The summed E-state index contributed by atoms with van der Waals surface area (Å²) in [4.78, 5) is 2.58. The molecular formula is C13H17NO. The average Bonchev–Trinajstić information content (AvgIpc) is 2.96. The average molecular weight is 203 g/mol. The number of ether oxygens (including phenoxy) is 1. The first-order valence-electron chi connectivity index (χ1n) is 5.86. The molecular weight excluding hydrogens is 186 g/mol. The van der Waals surface area contributed by atoms with Crippen LogP contribution in [0.2, 0.25) is 0 Å². The summed E-state index contributed by atoms with van der Waals surface area (Å²) >= 11 is 0. The molecule has 2 saturated heterocycles. The third-order valence-corrected chi connectivity index (χ3v) is 3.39. The lowest BCUT2D eigenvalue weighted by Gasteiger charge is -2.26. The normalized spacial score (nSPS) is 27.9. The number of hydrogen-bond acceptors (Lipinski definition) is 2. The van der Waals surface area contributed by atoms with Crippen molar-refractivity contribution in [3.05, 3.63) is 35.9 Å². The van der Waals surface area contributed by atoms with Gasteiger partial charge in [-0.05, 0) is 31.5 Å². The smallest absolute Gasteiger partial charge is 0.101 e. The van der Waals surface area contributed by atoms with Crippen molar-refractivity contribution in [3.63, 3.8) is 0 Å². The maximum absolute atomic E-state index is 5.50. The maximum Gasteiger partial charge on any atom is 0.101 e. The van der Waals surface area contributed by atoms with Gasteiger partial charge in [0.15, 0.2) is 0 Å². The van der Waals surface area contributed by atoms with Crippen molar-refractivity contribution in [1.29, 1.82) is 0 Å². The predicted molar refractivity (Wildman–Crippen MR) is 59.7 cm³/mol. The molecule has 0 saturated carbocycles. The van der Waals surface area contributed by atoms with Crippen molar-refractivity contribution >= 4 is 0 Å². The molecule has 2 aliphatic heterocycles. The molecule has 0 unspecified atom stereocenters. The molecule has 1 aromatic carbocycles. The molecule has 3 rings (SSSR count). The van der Waals surface area contributed by atoms with E-state index < -0.39 is 0 Å². The van der Waals surface area contributed by atoms with Crippen molar-refractivity contribution in [3.8, 4) is 0 Å². The number of rotatable bonds is 3. The number of nitrogens with zero attached hydrogens (tertiary/aromatic N) is 1. The lowest BCUT2D eigenvalue weighted by atomic mass is 10.0. The second-order valence-corrected chi connectivity index (χ2v) is 4.47. The summed E-state index contributed by atoms with van der Waals surface area (Å²) < 4.78 is 5.50. The first-order valence-corrected chi connectivity index (χ1v) is 5.86. The van der Waals surface area contributed by atoms with E-state index >= 15 is 0 Å². The molecule has 2 heteroatoms. The topological polar surface area (TPSA) is 15.8 Å². The van der Waals surface area contributed by atoms with Crippen LogP contribution in [0.3, 0.4) is 0 Å². The SMILES string of the molecule is c1ccc([C@H]([C@H]2CO2)N2CCCC2)cc1. The minimum atomic E-state index is 0.450. The number of epoxide rings is 1. The second-order valence-electron chi connectivity index (χ2n) is 4.47. The molecule has 0 aromatic heterocycles. The van der Waals surface area contributed by atoms with E-state index in [0.717, 1.165) is 6.61 Å². The first kappa shape index (κ1) is 9.37. The van der Waals surface area contributed by atoms with E-state index in [-0.39, 0.29) is 0 Å². The van der Waals surface area contributed by atoms with Crippen molar-refractivity contribution in [2.45, 2.75) is 25.0 Å². The number of benzene rings is 1. The highest BCUT2D eigenvalue weighted by molar-refractivity contribution is 5.21. The van der Waals surface area contributed by atoms with E-state index in [1.54, 1.807) is 0 Å². The van der Waals surface area contributed by atoms with Gasteiger partial charge in [0.1, 0.15) is 6.10 Å². The molecule has 0 bridgehead atoms. The lowest BCUT2D eigenvalue weighted by Crippen LogP contribution is -2.29. The van der Waals surface area contributed by atoms with Crippen LogP contribution in [0.1, 0.15) is 24.4 Å². The number of hydrogen-bond donors (Lipinski definition) is 0. The van der Waals surface area contributed by atoms with Crippen molar-refractivity contribution in [2.75, 3.05) is 19.7 Å². The van der Waals surface area contributed by atoms with Crippen LogP contribution in [0.25, 0.3) is 0 Å². The van der Waals surface area contributed by atoms with Gasteiger partial charge in [-0.3, -0.25) is 4.90 Å². The van der Waals surface area contributed by atoms with Gasteiger partial charge in [-0.15, -0.1) is 0 Å².